The highest BCUT2D eigenvalue weighted by molar-refractivity contribution is 14.1. The van der Waals surface area contributed by atoms with Crippen molar-refractivity contribution in [3.8, 4) is 6.07 Å². The molecule has 0 amide bonds. The molecule has 5 heteroatoms. The van der Waals surface area contributed by atoms with Crippen LogP contribution in [0.3, 0.4) is 0 Å². The molecule has 0 aliphatic carbocycles. The van der Waals surface area contributed by atoms with E-state index in [-0.39, 0.29) is 5.69 Å². The van der Waals surface area contributed by atoms with Gasteiger partial charge in [-0.2, -0.15) is 5.26 Å². The Bertz CT molecular complexity index is 424. The van der Waals surface area contributed by atoms with Crippen molar-refractivity contribution in [1.82, 2.24) is 0 Å². The van der Waals surface area contributed by atoms with Gasteiger partial charge in [-0.1, -0.05) is 0 Å². The van der Waals surface area contributed by atoms with Crippen molar-refractivity contribution in [3.05, 3.63) is 36.9 Å². The molecule has 72 valence electrons. The predicted molar refractivity (Wildman–Crippen MR) is 59.9 cm³/mol. The molecule has 0 atom stereocenters. The van der Waals surface area contributed by atoms with E-state index in [2.05, 4.69) is 0 Å². The lowest BCUT2D eigenvalue weighted by molar-refractivity contribution is -0.385. The van der Waals surface area contributed by atoms with E-state index in [0.717, 1.165) is 11.1 Å². The Morgan fingerprint density at radius 1 is 1.64 bits per heavy atom. The van der Waals surface area contributed by atoms with E-state index >= 15 is 0 Å². The molecule has 1 rings (SSSR count). The summed E-state index contributed by atoms with van der Waals surface area (Å²) in [4.78, 5) is 10.2. The van der Waals surface area contributed by atoms with Gasteiger partial charge < -0.3 is 0 Å². The zero-order valence-corrected chi connectivity index (χ0v) is 9.61. The lowest BCUT2D eigenvalue weighted by atomic mass is 10.1. The topological polar surface area (TPSA) is 66.9 Å². The van der Waals surface area contributed by atoms with Crippen LogP contribution in [0.2, 0.25) is 0 Å². The lowest BCUT2D eigenvalue weighted by Gasteiger charge is -2.02. The lowest BCUT2D eigenvalue weighted by Crippen LogP contribution is -1.96. The van der Waals surface area contributed by atoms with Gasteiger partial charge in [0.25, 0.3) is 5.69 Å². The van der Waals surface area contributed by atoms with Gasteiger partial charge in [0.2, 0.25) is 0 Å². The Morgan fingerprint density at radius 2 is 2.29 bits per heavy atom. The molecule has 0 bridgehead atoms. The van der Waals surface area contributed by atoms with Gasteiger partial charge in [0.15, 0.2) is 0 Å². The number of aryl methyl sites for hydroxylation is 1. The molecular weight excluding hydrogens is 295 g/mol. The van der Waals surface area contributed by atoms with Crippen LogP contribution in [0.5, 0.6) is 0 Å². The number of nitro groups is 1. The number of halogens is 1. The van der Waals surface area contributed by atoms with Crippen LogP contribution >= 0.6 is 22.6 Å². The summed E-state index contributed by atoms with van der Waals surface area (Å²) in [5, 5.41) is 19.1. The van der Waals surface area contributed by atoms with Gasteiger partial charge >= 0.3 is 0 Å². The molecule has 1 aromatic rings. The predicted octanol–water partition coefficient (Wildman–Crippen LogP) is 2.57. The van der Waals surface area contributed by atoms with Crippen LogP contribution < -0.4 is 0 Å². The second-order valence-electron chi connectivity index (χ2n) is 2.82. The van der Waals surface area contributed by atoms with E-state index in [1.807, 2.05) is 28.7 Å². The average molecular weight is 302 g/mol. The van der Waals surface area contributed by atoms with Crippen molar-refractivity contribution in [2.45, 2.75) is 13.3 Å². The molecule has 0 fully saturated rings. The van der Waals surface area contributed by atoms with Gasteiger partial charge in [-0.05, 0) is 46.7 Å². The zero-order valence-electron chi connectivity index (χ0n) is 7.45. The monoisotopic (exact) mass is 302 g/mol. The van der Waals surface area contributed by atoms with Crippen LogP contribution in [0.15, 0.2) is 12.1 Å². The fourth-order valence-corrected chi connectivity index (χ4v) is 1.85. The fourth-order valence-electron chi connectivity index (χ4n) is 1.12. The summed E-state index contributed by atoms with van der Waals surface area (Å²) in [6.07, 6.45) is 0.291. The van der Waals surface area contributed by atoms with E-state index < -0.39 is 4.92 Å². The van der Waals surface area contributed by atoms with Gasteiger partial charge in [-0.3, -0.25) is 10.1 Å². The van der Waals surface area contributed by atoms with Crippen LogP contribution in [-0.2, 0) is 6.42 Å². The van der Waals surface area contributed by atoms with Crippen molar-refractivity contribution >= 4 is 28.3 Å². The van der Waals surface area contributed by atoms with Crippen molar-refractivity contribution in [1.29, 1.82) is 5.26 Å². The largest absolute Gasteiger partial charge is 0.282 e. The number of nitrogens with zero attached hydrogens (tertiary/aromatic N) is 2. The van der Waals surface area contributed by atoms with Gasteiger partial charge in [0, 0.05) is 6.07 Å². The third-order valence-corrected chi connectivity index (χ3v) is 2.74. The minimum Gasteiger partial charge on any atom is -0.258 e. The van der Waals surface area contributed by atoms with Crippen LogP contribution in [0.25, 0.3) is 0 Å². The zero-order chi connectivity index (χ0) is 10.7. The highest BCUT2D eigenvalue weighted by Crippen LogP contribution is 2.24. The number of benzene rings is 1. The Kier molecular flexibility index (Phi) is 3.41. The minimum absolute atomic E-state index is 0.102. The number of hydrogen-bond acceptors (Lipinski definition) is 3. The Balaban J connectivity index is 3.25. The van der Waals surface area contributed by atoms with Crippen molar-refractivity contribution in [3.63, 3.8) is 0 Å². The normalized spacial score (nSPS) is 9.50. The molecular formula is C9H7IN2O2. The molecule has 0 aliphatic heterocycles. The van der Waals surface area contributed by atoms with E-state index in [1.165, 1.54) is 6.07 Å². The highest BCUT2D eigenvalue weighted by atomic mass is 127. The van der Waals surface area contributed by atoms with Crippen LogP contribution in [-0.4, -0.2) is 4.92 Å². The molecule has 0 saturated heterocycles. The number of nitriles is 1. The molecule has 0 N–H and O–H groups in total. The van der Waals surface area contributed by atoms with E-state index in [9.17, 15) is 10.1 Å². The van der Waals surface area contributed by atoms with Crippen LogP contribution in [0.4, 0.5) is 5.69 Å². The van der Waals surface area contributed by atoms with Crippen LogP contribution in [0, 0.1) is 31.9 Å². The first-order valence-corrected chi connectivity index (χ1v) is 4.94. The standard InChI is InChI=1S/C9H7IN2O2/c1-6-4-9(12(13)14)8(10)5-7(6)2-3-11/h4-5H,2H2,1H3. The van der Waals surface area contributed by atoms with E-state index in [4.69, 9.17) is 5.26 Å². The fraction of sp³-hybridized carbons (Fsp3) is 0.222. The van der Waals surface area contributed by atoms with Crippen LogP contribution in [0.1, 0.15) is 11.1 Å². The molecule has 0 radical (unpaired) electrons. The Labute approximate surface area is 94.8 Å². The Morgan fingerprint density at radius 3 is 2.79 bits per heavy atom. The maximum absolute atomic E-state index is 10.6. The first-order valence-electron chi connectivity index (χ1n) is 3.86. The third kappa shape index (κ3) is 2.20. The maximum atomic E-state index is 10.6. The first-order chi connectivity index (χ1) is 6.56. The number of nitro benzene ring substituents is 1. The van der Waals surface area contributed by atoms with E-state index in [1.54, 1.807) is 13.0 Å². The SMILES string of the molecule is Cc1cc([N+](=O)[O-])c(I)cc1CC#N. The van der Waals surface area contributed by atoms with E-state index in [0.29, 0.717) is 9.99 Å². The molecule has 1 aromatic carbocycles. The highest BCUT2D eigenvalue weighted by Gasteiger charge is 2.13. The Hall–Kier alpha value is -1.16. The van der Waals surface area contributed by atoms with Gasteiger partial charge in [0.1, 0.15) is 0 Å². The molecule has 0 heterocycles. The maximum Gasteiger partial charge on any atom is 0.282 e. The van der Waals surface area contributed by atoms with Gasteiger partial charge in [-0.25, -0.2) is 0 Å². The summed E-state index contributed by atoms with van der Waals surface area (Å²) in [6.45, 7) is 1.77. The summed E-state index contributed by atoms with van der Waals surface area (Å²) in [6, 6.07) is 5.23. The molecule has 0 spiro atoms. The molecule has 0 unspecified atom stereocenters. The number of hydrogen-bond donors (Lipinski definition) is 0. The quantitative estimate of drug-likeness (QED) is 0.479. The summed E-state index contributed by atoms with van der Waals surface area (Å²) >= 11 is 1.91. The van der Waals surface area contributed by atoms with Gasteiger partial charge in [-0.15, -0.1) is 0 Å². The molecule has 14 heavy (non-hydrogen) atoms. The summed E-state index contributed by atoms with van der Waals surface area (Å²) < 4.78 is 0.573. The third-order valence-electron chi connectivity index (χ3n) is 1.87. The first kappa shape index (κ1) is 10.9. The van der Waals surface area contributed by atoms with Crippen molar-refractivity contribution < 1.29 is 4.92 Å². The summed E-state index contributed by atoms with van der Waals surface area (Å²) in [5.74, 6) is 0. The molecule has 0 aliphatic rings. The summed E-state index contributed by atoms with van der Waals surface area (Å²) in [7, 11) is 0. The molecule has 0 saturated carbocycles. The number of rotatable bonds is 2. The second-order valence-corrected chi connectivity index (χ2v) is 3.98. The molecule has 4 nitrogen and oxygen atoms in total. The van der Waals surface area contributed by atoms with Gasteiger partial charge in [0.05, 0.1) is 21.0 Å². The minimum atomic E-state index is -0.412. The smallest absolute Gasteiger partial charge is 0.258 e. The van der Waals surface area contributed by atoms with Crippen molar-refractivity contribution in [2.24, 2.45) is 0 Å². The second kappa shape index (κ2) is 4.37. The molecule has 0 aromatic heterocycles. The summed E-state index contributed by atoms with van der Waals surface area (Å²) in [5.41, 5.74) is 1.74. The average Bonchev–Trinajstić information content (AvgIpc) is 2.10. The van der Waals surface area contributed by atoms with Crippen molar-refractivity contribution in [2.75, 3.05) is 0 Å².